The third-order valence-electron chi connectivity index (χ3n) is 4.14. The zero-order valence-corrected chi connectivity index (χ0v) is 14.7. The molecule has 0 spiro atoms. The molecule has 0 saturated carbocycles. The van der Waals surface area contributed by atoms with Crippen molar-refractivity contribution in [1.82, 2.24) is 10.2 Å². The predicted octanol–water partition coefficient (Wildman–Crippen LogP) is 2.30. The summed E-state index contributed by atoms with van der Waals surface area (Å²) in [6.45, 7) is 1.88. The number of nitro benzene ring substituents is 1. The molecule has 0 aliphatic rings. The van der Waals surface area contributed by atoms with Gasteiger partial charge in [-0.15, -0.1) is 0 Å². The van der Waals surface area contributed by atoms with Crippen molar-refractivity contribution in [2.45, 2.75) is 25.9 Å². The van der Waals surface area contributed by atoms with Crippen LogP contribution in [-0.2, 0) is 22.6 Å². The molecule has 136 valence electrons. The number of nitrogens with one attached hydrogen (secondary N) is 1. The quantitative estimate of drug-likeness (QED) is 0.609. The summed E-state index contributed by atoms with van der Waals surface area (Å²) in [7, 11) is 1.51. The summed E-state index contributed by atoms with van der Waals surface area (Å²) in [5.41, 5.74) is 1.09. The molecular formula is C19H21N3O4. The van der Waals surface area contributed by atoms with E-state index >= 15 is 0 Å². The molecule has 0 saturated heterocycles. The molecule has 0 aliphatic heterocycles. The fourth-order valence-electron chi connectivity index (χ4n) is 2.67. The molecule has 0 aliphatic carbocycles. The van der Waals surface area contributed by atoms with Gasteiger partial charge in [0.05, 0.1) is 11.3 Å². The van der Waals surface area contributed by atoms with Crippen molar-refractivity contribution < 1.29 is 14.5 Å². The highest BCUT2D eigenvalue weighted by molar-refractivity contribution is 5.88. The van der Waals surface area contributed by atoms with Crippen molar-refractivity contribution in [2.24, 2.45) is 0 Å². The summed E-state index contributed by atoms with van der Waals surface area (Å²) < 4.78 is 0. The smallest absolute Gasteiger partial charge is 0.273 e. The van der Waals surface area contributed by atoms with Crippen LogP contribution in [0.2, 0.25) is 0 Å². The molecule has 0 fully saturated rings. The Balaban J connectivity index is 2.28. The van der Waals surface area contributed by atoms with E-state index in [2.05, 4.69) is 5.32 Å². The maximum atomic E-state index is 12.9. The third kappa shape index (κ3) is 4.66. The Morgan fingerprint density at radius 3 is 2.35 bits per heavy atom. The van der Waals surface area contributed by atoms with Crippen molar-refractivity contribution in [2.75, 3.05) is 7.05 Å². The molecule has 26 heavy (non-hydrogen) atoms. The van der Waals surface area contributed by atoms with Gasteiger partial charge < -0.3 is 10.2 Å². The van der Waals surface area contributed by atoms with Crippen molar-refractivity contribution >= 4 is 17.5 Å². The van der Waals surface area contributed by atoms with Crippen LogP contribution in [0.25, 0.3) is 0 Å². The number of hydrogen-bond acceptors (Lipinski definition) is 4. The molecule has 0 bridgehead atoms. The van der Waals surface area contributed by atoms with Gasteiger partial charge in [0.1, 0.15) is 6.04 Å². The SMILES string of the molecule is CNC(=O)[C@H](C)N(Cc1ccccc1)C(=O)Cc1ccccc1[N+](=O)[O-]. The van der Waals surface area contributed by atoms with E-state index in [9.17, 15) is 19.7 Å². The highest BCUT2D eigenvalue weighted by Gasteiger charge is 2.27. The highest BCUT2D eigenvalue weighted by atomic mass is 16.6. The average molecular weight is 355 g/mol. The Hall–Kier alpha value is -3.22. The van der Waals surface area contributed by atoms with Crippen LogP contribution >= 0.6 is 0 Å². The minimum Gasteiger partial charge on any atom is -0.357 e. The number of hydrogen-bond donors (Lipinski definition) is 1. The second kappa shape index (κ2) is 8.75. The maximum Gasteiger partial charge on any atom is 0.273 e. The minimum absolute atomic E-state index is 0.104. The monoisotopic (exact) mass is 355 g/mol. The Labute approximate surface area is 151 Å². The van der Waals surface area contributed by atoms with E-state index in [0.29, 0.717) is 5.56 Å². The summed E-state index contributed by atoms with van der Waals surface area (Å²) in [6.07, 6.45) is -0.147. The largest absolute Gasteiger partial charge is 0.357 e. The van der Waals surface area contributed by atoms with Gasteiger partial charge in [0.2, 0.25) is 11.8 Å². The van der Waals surface area contributed by atoms with Gasteiger partial charge in [-0.05, 0) is 12.5 Å². The fourth-order valence-corrected chi connectivity index (χ4v) is 2.67. The standard InChI is InChI=1S/C19H21N3O4/c1-14(19(24)20-2)21(13-15-8-4-3-5-9-15)18(23)12-16-10-6-7-11-17(16)22(25)26/h3-11,14H,12-13H2,1-2H3,(H,20,24)/t14-/m0/s1. The van der Waals surface area contributed by atoms with Gasteiger partial charge in [0.15, 0.2) is 0 Å². The number of benzene rings is 2. The van der Waals surface area contributed by atoms with E-state index in [1.807, 2.05) is 30.3 Å². The zero-order valence-electron chi connectivity index (χ0n) is 14.7. The van der Waals surface area contributed by atoms with Crippen LogP contribution in [0.1, 0.15) is 18.1 Å². The Bertz CT molecular complexity index is 792. The fraction of sp³-hybridized carbons (Fsp3) is 0.263. The number of rotatable bonds is 7. The van der Waals surface area contributed by atoms with Gasteiger partial charge in [-0.2, -0.15) is 0 Å². The summed E-state index contributed by atoms with van der Waals surface area (Å²) in [5.74, 6) is -0.643. The molecule has 2 aromatic rings. The predicted molar refractivity (Wildman–Crippen MR) is 97.3 cm³/mol. The molecule has 2 rings (SSSR count). The lowest BCUT2D eigenvalue weighted by Gasteiger charge is -2.28. The van der Waals surface area contributed by atoms with Crippen LogP contribution in [0, 0.1) is 10.1 Å². The molecule has 0 aromatic heterocycles. The number of carbonyl (C=O) groups excluding carboxylic acids is 2. The number of amides is 2. The van der Waals surface area contributed by atoms with Gasteiger partial charge in [-0.25, -0.2) is 0 Å². The van der Waals surface area contributed by atoms with Gasteiger partial charge >= 0.3 is 0 Å². The lowest BCUT2D eigenvalue weighted by molar-refractivity contribution is -0.385. The molecule has 1 atom stereocenters. The molecule has 2 aromatic carbocycles. The van der Waals surface area contributed by atoms with Gasteiger partial charge in [0.25, 0.3) is 5.69 Å². The summed E-state index contributed by atoms with van der Waals surface area (Å²) in [5, 5.41) is 13.7. The number of para-hydroxylation sites is 1. The van der Waals surface area contributed by atoms with E-state index in [1.165, 1.54) is 18.0 Å². The topological polar surface area (TPSA) is 92.6 Å². The molecule has 0 radical (unpaired) electrons. The van der Waals surface area contributed by atoms with E-state index in [-0.39, 0.29) is 30.5 Å². The Morgan fingerprint density at radius 1 is 1.12 bits per heavy atom. The molecule has 0 unspecified atom stereocenters. The lowest BCUT2D eigenvalue weighted by Crippen LogP contribution is -2.47. The van der Waals surface area contributed by atoms with Crippen LogP contribution < -0.4 is 5.32 Å². The first-order chi connectivity index (χ1) is 12.4. The number of likely N-dealkylation sites (N-methyl/N-ethyl adjacent to an activating group) is 1. The second-order valence-electron chi connectivity index (χ2n) is 5.86. The number of nitro groups is 1. The molecule has 2 amide bonds. The maximum absolute atomic E-state index is 12.9. The lowest BCUT2D eigenvalue weighted by atomic mass is 10.1. The Morgan fingerprint density at radius 2 is 1.73 bits per heavy atom. The van der Waals surface area contributed by atoms with Crippen LogP contribution in [0.4, 0.5) is 5.69 Å². The van der Waals surface area contributed by atoms with Gasteiger partial charge in [-0.1, -0.05) is 48.5 Å². The van der Waals surface area contributed by atoms with E-state index < -0.39 is 11.0 Å². The summed E-state index contributed by atoms with van der Waals surface area (Å²) in [6, 6.07) is 14.7. The van der Waals surface area contributed by atoms with E-state index in [1.54, 1.807) is 25.1 Å². The van der Waals surface area contributed by atoms with Crippen molar-refractivity contribution in [3.8, 4) is 0 Å². The Kier molecular flexibility index (Phi) is 6.43. The van der Waals surface area contributed by atoms with Crippen molar-refractivity contribution in [3.05, 3.63) is 75.8 Å². The van der Waals surface area contributed by atoms with Crippen LogP contribution in [0.3, 0.4) is 0 Å². The molecule has 1 N–H and O–H groups in total. The van der Waals surface area contributed by atoms with Gasteiger partial charge in [-0.3, -0.25) is 19.7 Å². The van der Waals surface area contributed by atoms with Crippen molar-refractivity contribution in [3.63, 3.8) is 0 Å². The highest BCUT2D eigenvalue weighted by Crippen LogP contribution is 2.20. The first kappa shape index (κ1) is 19.1. The van der Waals surface area contributed by atoms with Gasteiger partial charge in [0, 0.05) is 25.2 Å². The molecule has 0 heterocycles. The zero-order chi connectivity index (χ0) is 19.1. The van der Waals surface area contributed by atoms with Crippen LogP contribution in [-0.4, -0.2) is 34.7 Å². The second-order valence-corrected chi connectivity index (χ2v) is 5.86. The van der Waals surface area contributed by atoms with E-state index in [4.69, 9.17) is 0 Å². The average Bonchev–Trinajstić information content (AvgIpc) is 2.65. The molecule has 7 heteroatoms. The number of nitrogens with zero attached hydrogens (tertiary/aromatic N) is 2. The van der Waals surface area contributed by atoms with Crippen LogP contribution in [0.15, 0.2) is 54.6 Å². The first-order valence-corrected chi connectivity index (χ1v) is 8.21. The normalized spacial score (nSPS) is 11.5. The van der Waals surface area contributed by atoms with E-state index in [0.717, 1.165) is 5.56 Å². The molecule has 7 nitrogen and oxygen atoms in total. The molecular weight excluding hydrogens is 334 g/mol. The summed E-state index contributed by atoms with van der Waals surface area (Å²) in [4.78, 5) is 37.0. The van der Waals surface area contributed by atoms with Crippen LogP contribution in [0.5, 0.6) is 0 Å². The minimum atomic E-state index is -0.699. The summed E-state index contributed by atoms with van der Waals surface area (Å²) >= 11 is 0. The number of carbonyl (C=O) groups is 2. The van der Waals surface area contributed by atoms with Crippen molar-refractivity contribution in [1.29, 1.82) is 0 Å². The first-order valence-electron chi connectivity index (χ1n) is 8.21. The third-order valence-corrected chi connectivity index (χ3v) is 4.14.